The highest BCUT2D eigenvalue weighted by Gasteiger charge is 2.48. The average Bonchev–Trinajstić information content (AvgIpc) is 3.39. The monoisotopic (exact) mass is 449 g/mol. The molecule has 2 saturated heterocycles. The van der Waals surface area contributed by atoms with Gasteiger partial charge in [0.25, 0.3) is 5.91 Å². The van der Waals surface area contributed by atoms with Crippen molar-refractivity contribution in [2.45, 2.75) is 43.1 Å². The van der Waals surface area contributed by atoms with E-state index in [1.54, 1.807) is 16.7 Å². The van der Waals surface area contributed by atoms with Crippen LogP contribution in [-0.2, 0) is 16.0 Å². The van der Waals surface area contributed by atoms with Gasteiger partial charge in [0.2, 0.25) is 11.8 Å². The zero-order chi connectivity index (χ0) is 22.1. The Bertz CT molecular complexity index is 1020. The molecule has 2 aromatic rings. The molecule has 0 bridgehead atoms. The molecule has 2 aromatic carbocycles. The predicted octanol–water partition coefficient (Wildman–Crippen LogP) is 3.00. The lowest BCUT2D eigenvalue weighted by Gasteiger charge is -2.32. The van der Waals surface area contributed by atoms with Crippen molar-refractivity contribution in [3.63, 3.8) is 0 Å². The topological polar surface area (TPSA) is 69.7 Å². The SMILES string of the molecule is O=C(NC(Cc1ccccc1)C(=O)N1CCCCC1)C1CSC2c3ccccc3C(=O)N12. The number of fused-ring (bicyclic) bond motifs is 3. The number of likely N-dealkylation sites (tertiary alicyclic amines) is 1. The van der Waals surface area contributed by atoms with Crippen molar-refractivity contribution in [1.82, 2.24) is 15.1 Å². The van der Waals surface area contributed by atoms with Gasteiger partial charge < -0.3 is 15.1 Å². The number of carbonyl (C=O) groups is 3. The molecule has 2 fully saturated rings. The summed E-state index contributed by atoms with van der Waals surface area (Å²) in [6.07, 6.45) is 3.58. The van der Waals surface area contributed by atoms with E-state index < -0.39 is 12.1 Å². The molecule has 1 N–H and O–H groups in total. The van der Waals surface area contributed by atoms with E-state index in [1.165, 1.54) is 0 Å². The standard InChI is InChI=1S/C25H27N3O3S/c29-22(21-16-32-25-19-12-6-5-11-18(19)23(30)28(21)25)26-20(15-17-9-3-1-4-10-17)24(31)27-13-7-2-8-14-27/h1,3-6,9-12,20-21,25H,2,7-8,13-16H2,(H,26,29). The number of nitrogens with zero attached hydrogens (tertiary/aromatic N) is 2. The Kier molecular flexibility index (Phi) is 5.91. The first-order chi connectivity index (χ1) is 15.6. The van der Waals surface area contributed by atoms with Crippen LogP contribution in [0.5, 0.6) is 0 Å². The van der Waals surface area contributed by atoms with Crippen molar-refractivity contribution >= 4 is 29.5 Å². The van der Waals surface area contributed by atoms with E-state index in [0.29, 0.717) is 17.7 Å². The summed E-state index contributed by atoms with van der Waals surface area (Å²) in [5.41, 5.74) is 2.65. The highest BCUT2D eigenvalue weighted by atomic mass is 32.2. The van der Waals surface area contributed by atoms with Crippen LogP contribution in [0.25, 0.3) is 0 Å². The molecule has 3 unspecified atom stereocenters. The van der Waals surface area contributed by atoms with Gasteiger partial charge in [-0.2, -0.15) is 0 Å². The molecular weight excluding hydrogens is 422 g/mol. The molecule has 3 heterocycles. The molecule has 32 heavy (non-hydrogen) atoms. The lowest BCUT2D eigenvalue weighted by atomic mass is 10.0. The molecule has 5 rings (SSSR count). The molecule has 3 amide bonds. The molecule has 166 valence electrons. The van der Waals surface area contributed by atoms with E-state index in [0.717, 1.165) is 43.5 Å². The van der Waals surface area contributed by atoms with Crippen molar-refractivity contribution in [2.24, 2.45) is 0 Å². The van der Waals surface area contributed by atoms with Crippen molar-refractivity contribution in [3.8, 4) is 0 Å². The van der Waals surface area contributed by atoms with Gasteiger partial charge in [0.15, 0.2) is 0 Å². The summed E-state index contributed by atoms with van der Waals surface area (Å²) >= 11 is 1.61. The van der Waals surface area contributed by atoms with Crippen molar-refractivity contribution in [3.05, 3.63) is 71.3 Å². The van der Waals surface area contributed by atoms with Crippen LogP contribution < -0.4 is 5.32 Å². The number of hydrogen-bond donors (Lipinski definition) is 1. The first kappa shape index (κ1) is 21.1. The lowest BCUT2D eigenvalue weighted by Crippen LogP contribution is -2.55. The van der Waals surface area contributed by atoms with Gasteiger partial charge >= 0.3 is 0 Å². The zero-order valence-electron chi connectivity index (χ0n) is 17.9. The molecule has 0 radical (unpaired) electrons. The van der Waals surface area contributed by atoms with Crippen molar-refractivity contribution in [1.29, 1.82) is 0 Å². The molecule has 7 heteroatoms. The highest BCUT2D eigenvalue weighted by Crippen LogP contribution is 2.48. The molecule has 0 spiro atoms. The van der Waals surface area contributed by atoms with Gasteiger partial charge in [-0.3, -0.25) is 14.4 Å². The zero-order valence-corrected chi connectivity index (χ0v) is 18.7. The summed E-state index contributed by atoms with van der Waals surface area (Å²) in [6.45, 7) is 1.47. The molecule has 0 aromatic heterocycles. The Morgan fingerprint density at radius 1 is 1.00 bits per heavy atom. The van der Waals surface area contributed by atoms with Crippen LogP contribution in [0.3, 0.4) is 0 Å². The second-order valence-electron chi connectivity index (χ2n) is 8.64. The summed E-state index contributed by atoms with van der Waals surface area (Å²) in [4.78, 5) is 43.3. The van der Waals surface area contributed by atoms with Crippen LogP contribution in [0.4, 0.5) is 0 Å². The Balaban J connectivity index is 1.34. The maximum atomic E-state index is 13.4. The van der Waals surface area contributed by atoms with Gasteiger partial charge in [-0.05, 0) is 36.5 Å². The number of amides is 3. The number of piperidine rings is 1. The van der Waals surface area contributed by atoms with Crippen molar-refractivity contribution < 1.29 is 14.4 Å². The highest BCUT2D eigenvalue weighted by molar-refractivity contribution is 7.99. The molecular formula is C25H27N3O3S. The van der Waals surface area contributed by atoms with E-state index in [-0.39, 0.29) is 23.1 Å². The fraction of sp³-hybridized carbons (Fsp3) is 0.400. The molecule has 3 aliphatic heterocycles. The molecule has 0 saturated carbocycles. The van der Waals surface area contributed by atoms with Crippen LogP contribution >= 0.6 is 11.8 Å². The second-order valence-corrected chi connectivity index (χ2v) is 9.75. The van der Waals surface area contributed by atoms with Crippen LogP contribution in [0.15, 0.2) is 54.6 Å². The van der Waals surface area contributed by atoms with Gasteiger partial charge in [0.05, 0.1) is 0 Å². The largest absolute Gasteiger partial charge is 0.342 e. The minimum absolute atomic E-state index is 0.0277. The molecule has 0 aliphatic carbocycles. The smallest absolute Gasteiger partial charge is 0.256 e. The average molecular weight is 450 g/mol. The Labute approximate surface area is 192 Å². The second kappa shape index (κ2) is 8.98. The van der Waals surface area contributed by atoms with Gasteiger partial charge in [-0.25, -0.2) is 0 Å². The number of hydrogen-bond acceptors (Lipinski definition) is 4. The van der Waals surface area contributed by atoms with Gasteiger partial charge in [-0.1, -0.05) is 48.5 Å². The number of rotatable bonds is 5. The van der Waals surface area contributed by atoms with E-state index in [4.69, 9.17) is 0 Å². The maximum Gasteiger partial charge on any atom is 0.256 e. The first-order valence-corrected chi connectivity index (χ1v) is 12.3. The van der Waals surface area contributed by atoms with Gasteiger partial charge in [-0.15, -0.1) is 11.8 Å². The fourth-order valence-electron chi connectivity index (χ4n) is 4.89. The number of thioether (sulfide) groups is 1. The summed E-state index contributed by atoms with van der Waals surface area (Å²) in [5, 5.41) is 2.90. The third-order valence-electron chi connectivity index (χ3n) is 6.56. The van der Waals surface area contributed by atoms with E-state index in [1.807, 2.05) is 59.5 Å². The van der Waals surface area contributed by atoms with Crippen LogP contribution in [0.2, 0.25) is 0 Å². The van der Waals surface area contributed by atoms with Gasteiger partial charge in [0, 0.05) is 30.8 Å². The van der Waals surface area contributed by atoms with E-state index in [2.05, 4.69) is 5.32 Å². The maximum absolute atomic E-state index is 13.4. The molecule has 3 atom stereocenters. The lowest BCUT2D eigenvalue weighted by molar-refractivity contribution is -0.138. The summed E-state index contributed by atoms with van der Waals surface area (Å²) < 4.78 is 0. The van der Waals surface area contributed by atoms with Crippen molar-refractivity contribution in [2.75, 3.05) is 18.8 Å². The van der Waals surface area contributed by atoms with E-state index >= 15 is 0 Å². The predicted molar refractivity (Wildman–Crippen MR) is 124 cm³/mol. The number of nitrogens with one attached hydrogen (secondary N) is 1. The van der Waals surface area contributed by atoms with Gasteiger partial charge in [0.1, 0.15) is 17.5 Å². The Hall–Kier alpha value is -2.80. The number of benzene rings is 2. The minimum atomic E-state index is -0.632. The van der Waals surface area contributed by atoms with Crippen LogP contribution in [0, 0.1) is 0 Å². The first-order valence-electron chi connectivity index (χ1n) is 11.3. The fourth-order valence-corrected chi connectivity index (χ4v) is 6.36. The summed E-state index contributed by atoms with van der Waals surface area (Å²) in [6, 6.07) is 16.1. The normalized spacial score (nSPS) is 22.9. The van der Waals surface area contributed by atoms with E-state index in [9.17, 15) is 14.4 Å². The molecule has 3 aliphatic rings. The van der Waals surface area contributed by atoms with Crippen LogP contribution in [0.1, 0.15) is 46.1 Å². The quantitative estimate of drug-likeness (QED) is 0.762. The minimum Gasteiger partial charge on any atom is -0.342 e. The molecule has 6 nitrogen and oxygen atoms in total. The van der Waals surface area contributed by atoms with Crippen LogP contribution in [-0.4, -0.2) is 58.4 Å². The third-order valence-corrected chi connectivity index (χ3v) is 7.86. The Morgan fingerprint density at radius 3 is 2.50 bits per heavy atom. The number of carbonyl (C=O) groups excluding carboxylic acids is 3. The summed E-state index contributed by atoms with van der Waals surface area (Å²) in [7, 11) is 0. The summed E-state index contributed by atoms with van der Waals surface area (Å²) in [5.74, 6) is 0.164. The Morgan fingerprint density at radius 2 is 1.72 bits per heavy atom. The third kappa shape index (κ3) is 3.90.